The van der Waals surface area contributed by atoms with Crippen LogP contribution in [0.3, 0.4) is 0 Å². The van der Waals surface area contributed by atoms with Crippen LogP contribution in [0.4, 0.5) is 4.39 Å². The number of nitrogens with zero attached hydrogens (tertiary/aromatic N) is 2. The fraction of sp³-hybridized carbons (Fsp3) is 0.462. The van der Waals surface area contributed by atoms with Gasteiger partial charge in [0, 0.05) is 18.4 Å². The minimum Gasteiger partial charge on any atom is -0.326 e. The van der Waals surface area contributed by atoms with Gasteiger partial charge in [0.2, 0.25) is 0 Å². The molecule has 1 atom stereocenters. The Labute approximate surface area is 132 Å². The van der Waals surface area contributed by atoms with E-state index < -0.39 is 21.0 Å². The fourth-order valence-corrected chi connectivity index (χ4v) is 3.13. The first-order chi connectivity index (χ1) is 9.75. The molecule has 21 heavy (non-hydrogen) atoms. The van der Waals surface area contributed by atoms with Gasteiger partial charge in [-0.05, 0) is 13.0 Å². The van der Waals surface area contributed by atoms with Crippen LogP contribution in [-0.2, 0) is 16.4 Å². The minimum absolute atomic E-state index is 0.0258. The van der Waals surface area contributed by atoms with Crippen molar-refractivity contribution in [3.05, 3.63) is 28.8 Å². The number of fused-ring (bicyclic) bond motifs is 1. The summed E-state index contributed by atoms with van der Waals surface area (Å²) in [5.41, 5.74) is 0.989. The van der Waals surface area contributed by atoms with Gasteiger partial charge in [0.15, 0.2) is 9.84 Å². The van der Waals surface area contributed by atoms with E-state index in [0.29, 0.717) is 16.9 Å². The van der Waals surface area contributed by atoms with Crippen molar-refractivity contribution in [2.75, 3.05) is 11.5 Å². The Bertz CT molecular complexity index is 772. The van der Waals surface area contributed by atoms with Crippen LogP contribution in [0.5, 0.6) is 0 Å². The maximum Gasteiger partial charge on any atom is 0.151 e. The molecule has 2 rings (SSSR count). The number of hydrogen-bond donors (Lipinski definition) is 0. The second-order valence-electron chi connectivity index (χ2n) is 4.73. The molecule has 1 aromatic carbocycles. The van der Waals surface area contributed by atoms with Crippen LogP contribution >= 0.6 is 23.2 Å². The van der Waals surface area contributed by atoms with Gasteiger partial charge in [-0.15, -0.1) is 11.6 Å². The molecule has 0 amide bonds. The molecule has 1 aromatic heterocycles. The van der Waals surface area contributed by atoms with Crippen molar-refractivity contribution in [2.45, 2.75) is 25.8 Å². The average Bonchev–Trinajstić information content (AvgIpc) is 2.75. The quantitative estimate of drug-likeness (QED) is 0.773. The summed E-state index contributed by atoms with van der Waals surface area (Å²) in [5, 5.41) is -0.453. The zero-order chi connectivity index (χ0) is 15.8. The van der Waals surface area contributed by atoms with Crippen LogP contribution in [0.15, 0.2) is 12.1 Å². The van der Waals surface area contributed by atoms with Crippen molar-refractivity contribution >= 4 is 44.1 Å². The summed E-state index contributed by atoms with van der Waals surface area (Å²) < 4.78 is 38.6. The van der Waals surface area contributed by atoms with Crippen molar-refractivity contribution < 1.29 is 12.8 Å². The van der Waals surface area contributed by atoms with Crippen molar-refractivity contribution in [2.24, 2.45) is 0 Å². The van der Waals surface area contributed by atoms with E-state index in [2.05, 4.69) is 4.98 Å². The molecule has 116 valence electrons. The van der Waals surface area contributed by atoms with Crippen molar-refractivity contribution in [1.82, 2.24) is 9.55 Å². The fourth-order valence-electron chi connectivity index (χ4n) is 2.05. The Balaban J connectivity index is 2.53. The molecule has 1 unspecified atom stereocenters. The smallest absolute Gasteiger partial charge is 0.151 e. The molecule has 0 bridgehead atoms. The van der Waals surface area contributed by atoms with E-state index in [1.807, 2.05) is 0 Å². The Morgan fingerprint density at radius 3 is 2.67 bits per heavy atom. The molecule has 0 N–H and O–H groups in total. The van der Waals surface area contributed by atoms with Crippen molar-refractivity contribution in [3.63, 3.8) is 0 Å². The first kappa shape index (κ1) is 16.5. The summed E-state index contributed by atoms with van der Waals surface area (Å²) >= 11 is 11.8. The highest BCUT2D eigenvalue weighted by molar-refractivity contribution is 7.91. The molecule has 0 aliphatic carbocycles. The Kier molecular flexibility index (Phi) is 4.80. The van der Waals surface area contributed by atoms with E-state index in [1.54, 1.807) is 18.4 Å². The van der Waals surface area contributed by atoms with Crippen molar-refractivity contribution in [3.8, 4) is 0 Å². The zero-order valence-electron chi connectivity index (χ0n) is 11.6. The SMILES string of the molecule is CCS(=O)(=O)CCn1c(C(C)Cl)nc2cc(Cl)c(F)cc21. The maximum atomic E-state index is 13.7. The van der Waals surface area contributed by atoms with Crippen LogP contribution in [0.2, 0.25) is 5.02 Å². The second-order valence-corrected chi connectivity index (χ2v) is 8.26. The Hall–Kier alpha value is -0.850. The normalized spacial score (nSPS) is 13.8. The molecule has 4 nitrogen and oxygen atoms in total. The Morgan fingerprint density at radius 2 is 2.10 bits per heavy atom. The number of hydrogen-bond acceptors (Lipinski definition) is 3. The minimum atomic E-state index is -3.14. The monoisotopic (exact) mass is 352 g/mol. The molecule has 0 radical (unpaired) electrons. The Morgan fingerprint density at radius 1 is 1.43 bits per heavy atom. The van der Waals surface area contributed by atoms with E-state index >= 15 is 0 Å². The molecule has 1 heterocycles. The van der Waals surface area contributed by atoms with Crippen LogP contribution in [0.25, 0.3) is 11.0 Å². The average molecular weight is 353 g/mol. The number of benzene rings is 1. The molecule has 0 saturated heterocycles. The summed E-state index contributed by atoms with van der Waals surface area (Å²) in [6, 6.07) is 2.67. The molecule has 0 fully saturated rings. The number of aromatic nitrogens is 2. The van der Waals surface area contributed by atoms with E-state index in [-0.39, 0.29) is 23.1 Å². The molecular formula is C13H15Cl2FN2O2S. The molecule has 2 aromatic rings. The number of sulfone groups is 1. The number of rotatable bonds is 5. The van der Waals surface area contributed by atoms with Gasteiger partial charge in [-0.2, -0.15) is 0 Å². The van der Waals surface area contributed by atoms with E-state index in [0.717, 1.165) is 0 Å². The second kappa shape index (κ2) is 6.10. The summed E-state index contributed by atoms with van der Waals surface area (Å²) in [7, 11) is -3.14. The number of imidazole rings is 1. The van der Waals surface area contributed by atoms with Gasteiger partial charge >= 0.3 is 0 Å². The standard InChI is InChI=1S/C13H15Cl2FN2O2S/c1-3-21(19,20)5-4-18-12-7-10(16)9(15)6-11(12)17-13(18)8(2)14/h6-8H,3-5H2,1-2H3. The molecule has 0 spiro atoms. The summed E-state index contributed by atoms with van der Waals surface area (Å²) in [6.45, 7) is 3.50. The number of aryl methyl sites for hydroxylation is 1. The molecule has 0 saturated carbocycles. The number of halogens is 3. The third kappa shape index (κ3) is 3.49. The van der Waals surface area contributed by atoms with Gasteiger partial charge in [0.05, 0.1) is 27.2 Å². The van der Waals surface area contributed by atoms with Crippen LogP contribution in [0, 0.1) is 5.82 Å². The first-order valence-electron chi connectivity index (χ1n) is 6.45. The molecule has 0 aliphatic rings. The van der Waals surface area contributed by atoms with Gasteiger partial charge in [-0.25, -0.2) is 17.8 Å². The van der Waals surface area contributed by atoms with Gasteiger partial charge < -0.3 is 4.57 Å². The van der Waals surface area contributed by atoms with Gasteiger partial charge in [0.25, 0.3) is 0 Å². The van der Waals surface area contributed by atoms with Gasteiger partial charge in [-0.1, -0.05) is 18.5 Å². The van der Waals surface area contributed by atoms with Crippen molar-refractivity contribution in [1.29, 1.82) is 0 Å². The van der Waals surface area contributed by atoms with E-state index in [1.165, 1.54) is 12.1 Å². The maximum absolute atomic E-state index is 13.7. The van der Waals surface area contributed by atoms with Crippen LogP contribution < -0.4 is 0 Å². The highest BCUT2D eigenvalue weighted by Crippen LogP contribution is 2.28. The highest BCUT2D eigenvalue weighted by atomic mass is 35.5. The highest BCUT2D eigenvalue weighted by Gasteiger charge is 2.18. The van der Waals surface area contributed by atoms with Gasteiger partial charge in [0.1, 0.15) is 11.6 Å². The summed E-state index contributed by atoms with van der Waals surface area (Å²) in [6.07, 6.45) is 0. The lowest BCUT2D eigenvalue weighted by Crippen LogP contribution is -2.16. The lowest BCUT2D eigenvalue weighted by Gasteiger charge is -2.10. The van der Waals surface area contributed by atoms with Crippen LogP contribution in [-0.4, -0.2) is 29.5 Å². The molecular weight excluding hydrogens is 338 g/mol. The summed E-state index contributed by atoms with van der Waals surface area (Å²) in [5.74, 6) is -0.0569. The van der Waals surface area contributed by atoms with Gasteiger partial charge in [-0.3, -0.25) is 0 Å². The predicted octanol–water partition coefficient (Wildman–Crippen LogP) is 3.56. The van der Waals surface area contributed by atoms with Crippen LogP contribution in [0.1, 0.15) is 25.0 Å². The lowest BCUT2D eigenvalue weighted by molar-refractivity contribution is 0.588. The topological polar surface area (TPSA) is 52.0 Å². The first-order valence-corrected chi connectivity index (χ1v) is 9.08. The largest absolute Gasteiger partial charge is 0.326 e. The number of alkyl halides is 1. The third-order valence-electron chi connectivity index (χ3n) is 3.24. The van der Waals surface area contributed by atoms with E-state index in [4.69, 9.17) is 23.2 Å². The molecule has 0 aliphatic heterocycles. The third-order valence-corrected chi connectivity index (χ3v) is 5.41. The lowest BCUT2D eigenvalue weighted by atomic mass is 10.3. The zero-order valence-corrected chi connectivity index (χ0v) is 13.9. The molecule has 8 heteroatoms. The predicted molar refractivity (Wildman–Crippen MR) is 83.3 cm³/mol. The summed E-state index contributed by atoms with van der Waals surface area (Å²) in [4.78, 5) is 4.33. The van der Waals surface area contributed by atoms with E-state index in [9.17, 15) is 12.8 Å².